The van der Waals surface area contributed by atoms with Gasteiger partial charge >= 0.3 is 12.2 Å². The lowest BCUT2D eigenvalue weighted by Crippen LogP contribution is -2.55. The van der Waals surface area contributed by atoms with E-state index in [0.717, 1.165) is 5.56 Å². The Hall–Kier alpha value is -2.93. The highest BCUT2D eigenvalue weighted by Gasteiger charge is 2.34. The summed E-state index contributed by atoms with van der Waals surface area (Å²) in [5.74, 6) is 0. The number of hydrogen-bond donors (Lipinski definition) is 1. The van der Waals surface area contributed by atoms with Crippen molar-refractivity contribution in [3.8, 4) is 0 Å². The summed E-state index contributed by atoms with van der Waals surface area (Å²) in [6, 6.07) is 8.31. The minimum Gasteiger partial charge on any atom is -0.445 e. The van der Waals surface area contributed by atoms with Crippen molar-refractivity contribution >= 4 is 12.2 Å². The van der Waals surface area contributed by atoms with Gasteiger partial charge in [-0.05, 0) is 38.3 Å². The summed E-state index contributed by atoms with van der Waals surface area (Å²) in [5, 5.41) is 6.45. The summed E-state index contributed by atoms with van der Waals surface area (Å²) in [6.45, 7) is 6.06. The summed E-state index contributed by atoms with van der Waals surface area (Å²) < 4.78 is 10.6. The van der Waals surface area contributed by atoms with Gasteiger partial charge in [0.1, 0.15) is 12.2 Å². The van der Waals surface area contributed by atoms with Crippen LogP contribution in [-0.2, 0) is 16.1 Å². The van der Waals surface area contributed by atoms with Gasteiger partial charge < -0.3 is 19.7 Å². The Morgan fingerprint density at radius 2 is 2.04 bits per heavy atom. The third-order valence-corrected chi connectivity index (χ3v) is 3.95. The molecule has 146 valence electrons. The molecule has 2 atom stereocenters. The number of likely N-dealkylation sites (tertiary alicyclic amines) is 1. The van der Waals surface area contributed by atoms with Crippen LogP contribution in [0.15, 0.2) is 35.4 Å². The van der Waals surface area contributed by atoms with Gasteiger partial charge in [0.05, 0.1) is 6.04 Å². The van der Waals surface area contributed by atoms with Gasteiger partial charge in [-0.1, -0.05) is 35.4 Å². The van der Waals surface area contributed by atoms with Crippen LogP contribution in [0.5, 0.6) is 0 Å². The molecule has 1 aliphatic heterocycles. The van der Waals surface area contributed by atoms with E-state index in [0.29, 0.717) is 13.0 Å². The first-order chi connectivity index (χ1) is 12.8. The van der Waals surface area contributed by atoms with E-state index in [4.69, 9.17) is 15.0 Å². The second-order valence-corrected chi connectivity index (χ2v) is 7.30. The van der Waals surface area contributed by atoms with Crippen LogP contribution in [-0.4, -0.2) is 47.9 Å². The molecule has 1 saturated heterocycles. The smallest absolute Gasteiger partial charge is 0.410 e. The van der Waals surface area contributed by atoms with Crippen molar-refractivity contribution in [2.45, 2.75) is 51.5 Å². The number of hydrogen-bond acceptors (Lipinski definition) is 5. The zero-order chi connectivity index (χ0) is 19.9. The lowest BCUT2D eigenvalue weighted by atomic mass is 10.0. The summed E-state index contributed by atoms with van der Waals surface area (Å²) >= 11 is 0. The maximum absolute atomic E-state index is 12.2. The number of carbonyl (C=O) groups is 2. The molecule has 1 N–H and O–H groups in total. The number of rotatable bonds is 4. The predicted molar refractivity (Wildman–Crippen MR) is 98.9 cm³/mol. The molecular formula is C18H25N5O4. The van der Waals surface area contributed by atoms with Crippen molar-refractivity contribution < 1.29 is 19.1 Å². The van der Waals surface area contributed by atoms with E-state index in [1.807, 2.05) is 30.3 Å². The molecular weight excluding hydrogens is 350 g/mol. The third-order valence-electron chi connectivity index (χ3n) is 3.95. The predicted octanol–water partition coefficient (Wildman–Crippen LogP) is 3.60. The van der Waals surface area contributed by atoms with Crippen molar-refractivity contribution in [2.75, 3.05) is 13.1 Å². The first-order valence-electron chi connectivity index (χ1n) is 8.78. The van der Waals surface area contributed by atoms with Crippen molar-refractivity contribution in [2.24, 2.45) is 5.11 Å². The molecule has 0 spiro atoms. The number of alkyl carbamates (subject to hydrolysis) is 1. The topological polar surface area (TPSA) is 117 Å². The van der Waals surface area contributed by atoms with Crippen molar-refractivity contribution in [1.29, 1.82) is 0 Å². The van der Waals surface area contributed by atoms with Gasteiger partial charge in [0, 0.05) is 24.0 Å². The Bertz CT molecular complexity index is 697. The fraction of sp³-hybridized carbons (Fsp3) is 0.556. The van der Waals surface area contributed by atoms with E-state index < -0.39 is 29.9 Å². The molecule has 2 amide bonds. The number of piperidine rings is 1. The summed E-state index contributed by atoms with van der Waals surface area (Å²) in [4.78, 5) is 28.6. The largest absolute Gasteiger partial charge is 0.445 e. The molecule has 9 heteroatoms. The normalized spacial score (nSPS) is 19.6. The molecule has 1 aromatic rings. The average molecular weight is 375 g/mol. The van der Waals surface area contributed by atoms with Crippen LogP contribution < -0.4 is 5.32 Å². The maximum Gasteiger partial charge on any atom is 0.410 e. The molecule has 0 bridgehead atoms. The maximum atomic E-state index is 12.2. The molecule has 0 saturated carbocycles. The fourth-order valence-electron chi connectivity index (χ4n) is 2.69. The first kappa shape index (κ1) is 20.4. The van der Waals surface area contributed by atoms with Gasteiger partial charge in [-0.15, -0.1) is 0 Å². The lowest BCUT2D eigenvalue weighted by molar-refractivity contribution is 0.0178. The Morgan fingerprint density at radius 1 is 1.33 bits per heavy atom. The van der Waals surface area contributed by atoms with E-state index in [9.17, 15) is 9.59 Å². The van der Waals surface area contributed by atoms with Crippen LogP contribution in [0.4, 0.5) is 9.59 Å². The molecule has 1 aliphatic rings. The minimum atomic E-state index is -0.610. The molecule has 0 aliphatic carbocycles. The summed E-state index contributed by atoms with van der Waals surface area (Å²) in [6.07, 6.45) is -0.623. The standard InChI is InChI=1S/C18H25N5O4/c1-18(2,3)27-17(25)23-10-9-14(15(11-23)21-22-19)20-16(24)26-12-13-7-5-4-6-8-13/h4-8,14-15H,9-12H2,1-3H3,(H,20,24)/t14-,15+/m1/s1. The van der Waals surface area contributed by atoms with Crippen LogP contribution in [0.3, 0.4) is 0 Å². The van der Waals surface area contributed by atoms with Gasteiger partial charge in [-0.2, -0.15) is 0 Å². The number of ether oxygens (including phenoxy) is 2. The number of nitrogens with one attached hydrogen (secondary N) is 1. The van der Waals surface area contributed by atoms with Gasteiger partial charge in [0.25, 0.3) is 0 Å². The van der Waals surface area contributed by atoms with Crippen molar-refractivity contribution in [3.05, 3.63) is 46.3 Å². The third kappa shape index (κ3) is 6.71. The second-order valence-electron chi connectivity index (χ2n) is 7.30. The molecule has 1 fully saturated rings. The number of nitrogens with zero attached hydrogens (tertiary/aromatic N) is 4. The quantitative estimate of drug-likeness (QED) is 0.491. The van der Waals surface area contributed by atoms with Crippen LogP contribution in [0.1, 0.15) is 32.8 Å². The van der Waals surface area contributed by atoms with Crippen LogP contribution in [0.25, 0.3) is 10.4 Å². The summed E-state index contributed by atoms with van der Waals surface area (Å²) in [7, 11) is 0. The lowest BCUT2D eigenvalue weighted by Gasteiger charge is -2.37. The average Bonchev–Trinajstić information content (AvgIpc) is 2.61. The number of benzene rings is 1. The molecule has 9 nitrogen and oxygen atoms in total. The fourth-order valence-corrected chi connectivity index (χ4v) is 2.69. The highest BCUT2D eigenvalue weighted by atomic mass is 16.6. The Balaban J connectivity index is 1.90. The second kappa shape index (κ2) is 9.14. The Kier molecular flexibility index (Phi) is 6.90. The zero-order valence-corrected chi connectivity index (χ0v) is 15.8. The number of amides is 2. The minimum absolute atomic E-state index is 0.148. The molecule has 0 aromatic heterocycles. The molecule has 0 unspecified atom stereocenters. The van der Waals surface area contributed by atoms with E-state index in [1.165, 1.54) is 4.90 Å². The van der Waals surface area contributed by atoms with Crippen LogP contribution >= 0.6 is 0 Å². The molecule has 1 aromatic carbocycles. The Morgan fingerprint density at radius 3 is 2.67 bits per heavy atom. The molecule has 0 radical (unpaired) electrons. The van der Waals surface area contributed by atoms with Gasteiger partial charge in [0.15, 0.2) is 0 Å². The first-order valence-corrected chi connectivity index (χ1v) is 8.78. The highest BCUT2D eigenvalue weighted by molar-refractivity contribution is 5.69. The monoisotopic (exact) mass is 375 g/mol. The van der Waals surface area contributed by atoms with E-state index in [1.54, 1.807) is 20.8 Å². The van der Waals surface area contributed by atoms with Crippen molar-refractivity contribution in [3.63, 3.8) is 0 Å². The van der Waals surface area contributed by atoms with E-state index in [2.05, 4.69) is 15.3 Å². The van der Waals surface area contributed by atoms with Crippen LogP contribution in [0, 0.1) is 0 Å². The molecule has 1 heterocycles. The van der Waals surface area contributed by atoms with Crippen molar-refractivity contribution in [1.82, 2.24) is 10.2 Å². The highest BCUT2D eigenvalue weighted by Crippen LogP contribution is 2.18. The number of azide groups is 1. The zero-order valence-electron chi connectivity index (χ0n) is 15.8. The number of carbonyl (C=O) groups excluding carboxylic acids is 2. The van der Waals surface area contributed by atoms with Gasteiger partial charge in [-0.3, -0.25) is 0 Å². The van der Waals surface area contributed by atoms with Gasteiger partial charge in [-0.25, -0.2) is 9.59 Å². The van der Waals surface area contributed by atoms with Crippen LogP contribution in [0.2, 0.25) is 0 Å². The molecule has 2 rings (SSSR count). The van der Waals surface area contributed by atoms with E-state index >= 15 is 0 Å². The summed E-state index contributed by atoms with van der Waals surface area (Å²) in [5.41, 5.74) is 9.08. The SMILES string of the molecule is CC(C)(C)OC(=O)N1CC[C@@H](NC(=O)OCc2ccccc2)[C@@H](N=[N+]=[N-])C1. The van der Waals surface area contributed by atoms with Gasteiger partial charge in [0.2, 0.25) is 0 Å². The Labute approximate surface area is 158 Å². The molecule has 27 heavy (non-hydrogen) atoms. The van der Waals surface area contributed by atoms with E-state index in [-0.39, 0.29) is 13.2 Å².